The number of rotatable bonds is 3. The van der Waals surface area contributed by atoms with E-state index >= 15 is 0 Å². The maximum absolute atomic E-state index is 12.4. The molecule has 6 nitrogen and oxygen atoms in total. The Morgan fingerprint density at radius 3 is 2.59 bits per heavy atom. The molecule has 118 valence electrons. The molecule has 3 rings (SSSR count). The molecule has 1 amide bonds. The van der Waals surface area contributed by atoms with Gasteiger partial charge in [-0.15, -0.1) is 0 Å². The number of likely N-dealkylation sites (tertiary alicyclic amines) is 1. The Hall–Kier alpha value is -2.08. The molecule has 22 heavy (non-hydrogen) atoms. The first-order valence-corrected chi connectivity index (χ1v) is 7.38. The van der Waals surface area contributed by atoms with Crippen LogP contribution in [0.4, 0.5) is 4.79 Å². The van der Waals surface area contributed by atoms with Crippen LogP contribution in [-0.4, -0.2) is 47.4 Å². The highest BCUT2D eigenvalue weighted by molar-refractivity contribution is 5.83. The molecule has 1 saturated carbocycles. The number of carbonyl (C=O) groups is 2. The Bertz CT molecular complexity index is 561. The minimum Gasteiger partial charge on any atom is -0.467 e. The summed E-state index contributed by atoms with van der Waals surface area (Å²) in [6, 6.07) is 8.22. The van der Waals surface area contributed by atoms with Crippen LogP contribution in [0.2, 0.25) is 0 Å². The average molecular weight is 305 g/mol. The van der Waals surface area contributed by atoms with E-state index in [-0.39, 0.29) is 18.6 Å². The monoisotopic (exact) mass is 305 g/mol. The van der Waals surface area contributed by atoms with Gasteiger partial charge >= 0.3 is 12.1 Å². The van der Waals surface area contributed by atoms with E-state index in [1.165, 1.54) is 12.0 Å². The number of nitrogens with zero attached hydrogens (tertiary/aromatic N) is 1. The molecule has 1 saturated heterocycles. The van der Waals surface area contributed by atoms with E-state index in [1.807, 2.05) is 30.3 Å². The SMILES string of the molecule is COC(=O)[C@H]1[C@@H](O)[C@H]2CC[C@H]2N1C(=O)OCc1ccccc1. The maximum atomic E-state index is 12.4. The molecule has 6 heteroatoms. The molecule has 4 atom stereocenters. The normalized spacial score (nSPS) is 29.5. The Morgan fingerprint density at radius 2 is 2.00 bits per heavy atom. The zero-order valence-electron chi connectivity index (χ0n) is 12.3. The number of hydrogen-bond acceptors (Lipinski definition) is 5. The number of carbonyl (C=O) groups excluding carboxylic acids is 2. The lowest BCUT2D eigenvalue weighted by Crippen LogP contribution is -2.49. The van der Waals surface area contributed by atoms with E-state index in [0.717, 1.165) is 18.4 Å². The smallest absolute Gasteiger partial charge is 0.411 e. The summed E-state index contributed by atoms with van der Waals surface area (Å²) in [5, 5.41) is 10.2. The van der Waals surface area contributed by atoms with Crippen molar-refractivity contribution in [1.82, 2.24) is 4.90 Å². The van der Waals surface area contributed by atoms with Crippen LogP contribution in [0.25, 0.3) is 0 Å². The number of aliphatic hydroxyl groups excluding tert-OH is 1. The lowest BCUT2D eigenvalue weighted by molar-refractivity contribution is -0.148. The molecule has 0 aromatic heterocycles. The predicted octanol–water partition coefficient (Wildman–Crippen LogP) is 1.32. The van der Waals surface area contributed by atoms with Crippen molar-refractivity contribution < 1.29 is 24.2 Å². The van der Waals surface area contributed by atoms with Crippen LogP contribution in [0.3, 0.4) is 0 Å². The van der Waals surface area contributed by atoms with E-state index in [2.05, 4.69) is 0 Å². The first-order valence-electron chi connectivity index (χ1n) is 7.38. The second kappa shape index (κ2) is 5.96. The molecular weight excluding hydrogens is 286 g/mol. The third-order valence-electron chi connectivity index (χ3n) is 4.57. The van der Waals surface area contributed by atoms with Crippen molar-refractivity contribution in [3.8, 4) is 0 Å². The summed E-state index contributed by atoms with van der Waals surface area (Å²) in [5.41, 5.74) is 0.871. The third-order valence-corrected chi connectivity index (χ3v) is 4.57. The number of hydrogen-bond donors (Lipinski definition) is 1. The first-order chi connectivity index (χ1) is 10.6. The van der Waals surface area contributed by atoms with Crippen LogP contribution in [0.5, 0.6) is 0 Å². The van der Waals surface area contributed by atoms with Gasteiger partial charge in [-0.3, -0.25) is 4.90 Å². The van der Waals surface area contributed by atoms with Gasteiger partial charge in [0.05, 0.1) is 13.2 Å². The molecule has 1 aliphatic heterocycles. The second-order valence-electron chi connectivity index (χ2n) is 5.71. The number of amides is 1. The Balaban J connectivity index is 1.70. The Labute approximate surface area is 128 Å². The molecule has 2 aliphatic rings. The lowest BCUT2D eigenvalue weighted by atomic mass is 9.78. The van der Waals surface area contributed by atoms with Gasteiger partial charge in [0.1, 0.15) is 6.61 Å². The van der Waals surface area contributed by atoms with Gasteiger partial charge in [0.15, 0.2) is 6.04 Å². The molecule has 0 spiro atoms. The number of fused-ring (bicyclic) bond motifs is 1. The van der Waals surface area contributed by atoms with Crippen molar-refractivity contribution >= 4 is 12.1 Å². The van der Waals surface area contributed by atoms with Crippen LogP contribution in [0, 0.1) is 5.92 Å². The summed E-state index contributed by atoms with van der Waals surface area (Å²) in [4.78, 5) is 25.6. The number of esters is 1. The van der Waals surface area contributed by atoms with E-state index < -0.39 is 24.2 Å². The Morgan fingerprint density at radius 1 is 1.27 bits per heavy atom. The van der Waals surface area contributed by atoms with Crippen molar-refractivity contribution in [1.29, 1.82) is 0 Å². The summed E-state index contributed by atoms with van der Waals surface area (Å²) in [5.74, 6) is -0.660. The van der Waals surface area contributed by atoms with E-state index in [0.29, 0.717) is 0 Å². The van der Waals surface area contributed by atoms with Gasteiger partial charge in [-0.05, 0) is 18.4 Å². The first kappa shape index (κ1) is 14.8. The van der Waals surface area contributed by atoms with Crippen molar-refractivity contribution in [3.63, 3.8) is 0 Å². The van der Waals surface area contributed by atoms with Gasteiger partial charge in [0.2, 0.25) is 0 Å². The topological polar surface area (TPSA) is 76.1 Å². The van der Waals surface area contributed by atoms with Gasteiger partial charge in [0.25, 0.3) is 0 Å². The molecular formula is C16H19NO5. The van der Waals surface area contributed by atoms with E-state index in [1.54, 1.807) is 0 Å². The average Bonchev–Trinajstić information content (AvgIpc) is 2.70. The molecule has 0 radical (unpaired) electrons. The minimum atomic E-state index is -0.967. The number of benzene rings is 1. The highest BCUT2D eigenvalue weighted by Crippen LogP contribution is 2.44. The minimum absolute atomic E-state index is 0.0617. The van der Waals surface area contributed by atoms with Gasteiger partial charge in [0, 0.05) is 12.0 Å². The van der Waals surface area contributed by atoms with Crippen LogP contribution in [0.1, 0.15) is 18.4 Å². The van der Waals surface area contributed by atoms with Crippen molar-refractivity contribution in [2.75, 3.05) is 7.11 Å². The predicted molar refractivity (Wildman–Crippen MR) is 76.8 cm³/mol. The second-order valence-corrected chi connectivity index (χ2v) is 5.71. The van der Waals surface area contributed by atoms with Crippen LogP contribution in [0.15, 0.2) is 30.3 Å². The molecule has 1 aromatic carbocycles. The third kappa shape index (κ3) is 2.43. The molecule has 0 bridgehead atoms. The quantitative estimate of drug-likeness (QED) is 0.852. The number of ether oxygens (including phenoxy) is 2. The highest BCUT2D eigenvalue weighted by Gasteiger charge is 2.58. The van der Waals surface area contributed by atoms with Crippen molar-refractivity contribution in [3.05, 3.63) is 35.9 Å². The number of aliphatic hydroxyl groups is 1. The molecule has 1 aliphatic carbocycles. The largest absolute Gasteiger partial charge is 0.467 e. The zero-order valence-corrected chi connectivity index (χ0v) is 12.3. The molecule has 0 unspecified atom stereocenters. The van der Waals surface area contributed by atoms with Crippen molar-refractivity contribution in [2.24, 2.45) is 5.92 Å². The van der Waals surface area contributed by atoms with E-state index in [9.17, 15) is 14.7 Å². The molecule has 1 heterocycles. The van der Waals surface area contributed by atoms with Gasteiger partial charge in [-0.2, -0.15) is 0 Å². The van der Waals surface area contributed by atoms with Crippen LogP contribution in [-0.2, 0) is 20.9 Å². The Kier molecular flexibility index (Phi) is 4.02. The zero-order chi connectivity index (χ0) is 15.7. The van der Waals surface area contributed by atoms with Crippen molar-refractivity contribution in [2.45, 2.75) is 37.6 Å². The van der Waals surface area contributed by atoms with Crippen LogP contribution < -0.4 is 0 Å². The van der Waals surface area contributed by atoms with Gasteiger partial charge in [-0.25, -0.2) is 9.59 Å². The fourth-order valence-corrected chi connectivity index (χ4v) is 3.27. The maximum Gasteiger partial charge on any atom is 0.411 e. The van der Waals surface area contributed by atoms with Gasteiger partial charge in [-0.1, -0.05) is 30.3 Å². The standard InChI is InChI=1S/C16H19NO5/c1-21-15(19)13-14(18)11-7-8-12(11)17(13)16(20)22-9-10-5-3-2-4-6-10/h2-6,11-14,18H,7-9H2,1H3/t11-,12+,13+,14-/m0/s1. The molecule has 2 fully saturated rings. The number of methoxy groups -OCH3 is 1. The summed E-state index contributed by atoms with van der Waals surface area (Å²) in [6.07, 6.45) is 0.123. The lowest BCUT2D eigenvalue weighted by Gasteiger charge is -2.35. The van der Waals surface area contributed by atoms with E-state index in [4.69, 9.17) is 9.47 Å². The fraction of sp³-hybridized carbons (Fsp3) is 0.500. The summed E-state index contributed by atoms with van der Waals surface area (Å²) >= 11 is 0. The van der Waals surface area contributed by atoms with Gasteiger partial charge < -0.3 is 14.6 Å². The summed E-state index contributed by atoms with van der Waals surface area (Å²) in [6.45, 7) is 0.136. The highest BCUT2D eigenvalue weighted by atomic mass is 16.6. The van der Waals surface area contributed by atoms with Crippen LogP contribution >= 0.6 is 0 Å². The molecule has 1 aromatic rings. The summed E-state index contributed by atoms with van der Waals surface area (Å²) in [7, 11) is 1.25. The summed E-state index contributed by atoms with van der Waals surface area (Å²) < 4.78 is 10.0. The fourth-order valence-electron chi connectivity index (χ4n) is 3.27. The molecule has 1 N–H and O–H groups in total.